The minimum atomic E-state index is -5.40. The maximum absolute atomic E-state index is 14.0. The Hall–Kier alpha value is -3.37. The zero-order chi connectivity index (χ0) is 24.0. The predicted molar refractivity (Wildman–Crippen MR) is 109 cm³/mol. The number of carbonyl (C=O) groups excluding carboxylic acids is 2. The summed E-state index contributed by atoms with van der Waals surface area (Å²) in [6.45, 7) is 0. The number of hydrogen-bond acceptors (Lipinski definition) is 4. The summed E-state index contributed by atoms with van der Waals surface area (Å²) in [5.41, 5.74) is -3.64. The Labute approximate surface area is 189 Å². The molecule has 4 rings (SSSR count). The smallest absolute Gasteiger partial charge is 0.437 e. The van der Waals surface area contributed by atoms with Gasteiger partial charge in [-0.1, -0.05) is 11.6 Å². The SMILES string of the molecule is O=C1N[C@@H](c2ccc(-c3ccc(F)cc3)o2)[C@H](C(=O)c2ccc(Cl)cc2)[C@](O)(C(F)(F)F)N1. The molecule has 2 aromatic carbocycles. The summed E-state index contributed by atoms with van der Waals surface area (Å²) in [6.07, 6.45) is -5.40. The average molecular weight is 483 g/mol. The van der Waals surface area contributed by atoms with Crippen LogP contribution in [0.25, 0.3) is 11.3 Å². The molecule has 172 valence electrons. The zero-order valence-corrected chi connectivity index (χ0v) is 17.2. The lowest BCUT2D eigenvalue weighted by Crippen LogP contribution is -2.72. The van der Waals surface area contributed by atoms with E-state index in [1.165, 1.54) is 66.0 Å². The third-order valence-electron chi connectivity index (χ3n) is 5.28. The topological polar surface area (TPSA) is 91.6 Å². The van der Waals surface area contributed by atoms with Gasteiger partial charge in [-0.2, -0.15) is 13.2 Å². The van der Waals surface area contributed by atoms with Gasteiger partial charge < -0.3 is 20.2 Å². The number of urea groups is 1. The van der Waals surface area contributed by atoms with Gasteiger partial charge in [-0.05, 0) is 60.7 Å². The van der Waals surface area contributed by atoms with Crippen molar-refractivity contribution >= 4 is 23.4 Å². The molecule has 2 heterocycles. The molecule has 3 aromatic rings. The van der Waals surface area contributed by atoms with Crippen molar-refractivity contribution in [2.45, 2.75) is 17.9 Å². The Morgan fingerprint density at radius 1 is 1.03 bits per heavy atom. The number of furan rings is 1. The fraction of sp³-hybridized carbons (Fsp3) is 0.182. The van der Waals surface area contributed by atoms with Gasteiger partial charge in [0.25, 0.3) is 0 Å². The second kappa shape index (κ2) is 8.20. The first-order chi connectivity index (χ1) is 15.5. The van der Waals surface area contributed by atoms with Gasteiger partial charge in [0.15, 0.2) is 5.78 Å². The van der Waals surface area contributed by atoms with Crippen LogP contribution in [-0.4, -0.2) is 28.8 Å². The Bertz CT molecular complexity index is 1190. The molecule has 1 aliphatic rings. The van der Waals surface area contributed by atoms with Gasteiger partial charge >= 0.3 is 12.2 Å². The third-order valence-corrected chi connectivity index (χ3v) is 5.53. The van der Waals surface area contributed by atoms with Crippen LogP contribution in [0.3, 0.4) is 0 Å². The van der Waals surface area contributed by atoms with Crippen LogP contribution in [0.2, 0.25) is 5.02 Å². The molecule has 2 amide bonds. The summed E-state index contributed by atoms with van der Waals surface area (Å²) in [7, 11) is 0. The molecule has 1 saturated heterocycles. The summed E-state index contributed by atoms with van der Waals surface area (Å²) in [5, 5.41) is 14.5. The van der Waals surface area contributed by atoms with Crippen molar-refractivity contribution in [3.63, 3.8) is 0 Å². The van der Waals surface area contributed by atoms with Crippen molar-refractivity contribution in [2.24, 2.45) is 5.92 Å². The molecule has 0 saturated carbocycles. The molecule has 1 aromatic heterocycles. The van der Waals surface area contributed by atoms with Gasteiger partial charge in [-0.25, -0.2) is 9.18 Å². The van der Waals surface area contributed by atoms with Crippen molar-refractivity contribution in [1.82, 2.24) is 10.6 Å². The summed E-state index contributed by atoms with van der Waals surface area (Å²) in [4.78, 5) is 25.3. The second-order valence-corrected chi connectivity index (χ2v) is 7.83. The van der Waals surface area contributed by atoms with Crippen molar-refractivity contribution in [3.8, 4) is 11.3 Å². The van der Waals surface area contributed by atoms with E-state index in [9.17, 15) is 32.3 Å². The number of benzene rings is 2. The van der Waals surface area contributed by atoms with Crippen LogP contribution in [0.4, 0.5) is 22.4 Å². The Kier molecular flexibility index (Phi) is 5.67. The van der Waals surface area contributed by atoms with E-state index >= 15 is 0 Å². The number of aliphatic hydroxyl groups is 1. The molecule has 1 fully saturated rings. The molecular formula is C22H15ClF4N2O4. The molecule has 1 aliphatic heterocycles. The highest BCUT2D eigenvalue weighted by atomic mass is 35.5. The lowest BCUT2D eigenvalue weighted by molar-refractivity contribution is -0.288. The first-order valence-electron chi connectivity index (χ1n) is 9.53. The van der Waals surface area contributed by atoms with Crippen molar-refractivity contribution in [2.75, 3.05) is 0 Å². The van der Waals surface area contributed by atoms with E-state index in [2.05, 4.69) is 5.32 Å². The number of amides is 2. The maximum Gasteiger partial charge on any atom is 0.437 e. The maximum atomic E-state index is 14.0. The number of rotatable bonds is 4. The predicted octanol–water partition coefficient (Wildman–Crippen LogP) is 4.84. The molecule has 0 radical (unpaired) electrons. The van der Waals surface area contributed by atoms with E-state index in [-0.39, 0.29) is 22.1 Å². The van der Waals surface area contributed by atoms with E-state index in [0.717, 1.165) is 0 Å². The molecule has 0 aliphatic carbocycles. The fourth-order valence-electron chi connectivity index (χ4n) is 3.66. The zero-order valence-electron chi connectivity index (χ0n) is 16.5. The molecule has 0 bridgehead atoms. The van der Waals surface area contributed by atoms with Gasteiger partial charge in [0.05, 0.1) is 0 Å². The van der Waals surface area contributed by atoms with Crippen molar-refractivity contribution in [3.05, 3.63) is 82.8 Å². The average Bonchev–Trinajstić information content (AvgIpc) is 3.23. The molecular weight excluding hydrogens is 468 g/mol. The molecule has 11 heteroatoms. The molecule has 6 nitrogen and oxygen atoms in total. The molecule has 33 heavy (non-hydrogen) atoms. The number of ketones is 1. The second-order valence-electron chi connectivity index (χ2n) is 7.40. The molecule has 0 spiro atoms. The third kappa shape index (κ3) is 4.19. The Morgan fingerprint density at radius 2 is 1.67 bits per heavy atom. The van der Waals surface area contributed by atoms with Gasteiger partial charge in [-0.3, -0.25) is 4.79 Å². The van der Waals surface area contributed by atoms with Crippen molar-refractivity contribution in [1.29, 1.82) is 0 Å². The number of hydrogen-bond donors (Lipinski definition) is 3. The van der Waals surface area contributed by atoms with Crippen LogP contribution in [0.15, 0.2) is 65.1 Å². The van der Waals surface area contributed by atoms with Gasteiger partial charge in [-0.15, -0.1) is 0 Å². The quantitative estimate of drug-likeness (QED) is 0.366. The van der Waals surface area contributed by atoms with E-state index in [4.69, 9.17) is 16.0 Å². The highest BCUT2D eigenvalue weighted by Crippen LogP contribution is 2.44. The number of Topliss-reactive ketones (excluding diaryl/α,β-unsaturated/α-hetero) is 1. The Morgan fingerprint density at radius 3 is 2.27 bits per heavy atom. The van der Waals surface area contributed by atoms with Crippen molar-refractivity contribution < 1.29 is 36.7 Å². The largest absolute Gasteiger partial charge is 0.459 e. The highest BCUT2D eigenvalue weighted by Gasteiger charge is 2.66. The number of carbonyl (C=O) groups is 2. The molecule has 3 N–H and O–H groups in total. The van der Waals surface area contributed by atoms with Crippen LogP contribution in [0, 0.1) is 11.7 Å². The number of nitrogens with one attached hydrogen (secondary N) is 2. The minimum absolute atomic E-state index is 0.158. The fourth-order valence-corrected chi connectivity index (χ4v) is 3.79. The number of alkyl halides is 3. The Balaban J connectivity index is 1.80. The summed E-state index contributed by atoms with van der Waals surface area (Å²) >= 11 is 5.80. The summed E-state index contributed by atoms with van der Waals surface area (Å²) < 4.78 is 60.7. The monoisotopic (exact) mass is 482 g/mol. The normalized spacial score (nSPS) is 23.0. The van der Waals surface area contributed by atoms with Crippen LogP contribution < -0.4 is 10.6 Å². The van der Waals surface area contributed by atoms with E-state index in [1.807, 2.05) is 0 Å². The highest BCUT2D eigenvalue weighted by molar-refractivity contribution is 6.30. The van der Waals surface area contributed by atoms with E-state index in [1.54, 1.807) is 0 Å². The lowest BCUT2D eigenvalue weighted by atomic mass is 9.79. The van der Waals surface area contributed by atoms with E-state index < -0.39 is 41.5 Å². The lowest BCUT2D eigenvalue weighted by Gasteiger charge is -2.44. The van der Waals surface area contributed by atoms with Gasteiger partial charge in [0.1, 0.15) is 29.3 Å². The van der Waals surface area contributed by atoms with Crippen LogP contribution in [0.1, 0.15) is 22.2 Å². The van der Waals surface area contributed by atoms with Crippen LogP contribution in [-0.2, 0) is 0 Å². The van der Waals surface area contributed by atoms with Gasteiger partial charge in [0.2, 0.25) is 5.72 Å². The summed E-state index contributed by atoms with van der Waals surface area (Å²) in [6, 6.07) is 9.79. The van der Waals surface area contributed by atoms with E-state index in [0.29, 0.717) is 5.56 Å². The standard InChI is InChI=1S/C22H15ClF4N2O4/c23-13-5-1-12(2-6-13)19(30)17-18(28-20(31)29-21(17,32)22(25,26)27)16-10-9-15(33-16)11-3-7-14(24)8-4-11/h1-10,17-18,32H,(H2,28,29,31)/t17-,18+,21+/m1/s1. The molecule has 0 unspecified atom stereocenters. The first-order valence-corrected chi connectivity index (χ1v) is 9.90. The molecule has 3 atom stereocenters. The van der Waals surface area contributed by atoms with Crippen LogP contribution in [0.5, 0.6) is 0 Å². The first kappa shape index (κ1) is 22.8. The number of halogens is 5. The minimum Gasteiger partial charge on any atom is -0.459 e. The van der Waals surface area contributed by atoms with Gasteiger partial charge in [0, 0.05) is 16.1 Å². The van der Waals surface area contributed by atoms with Crippen LogP contribution >= 0.6 is 11.6 Å². The summed E-state index contributed by atoms with van der Waals surface area (Å²) in [5.74, 6) is -3.91.